The second-order valence-electron chi connectivity index (χ2n) is 10.1. The molecule has 1 fully saturated rings. The van der Waals surface area contributed by atoms with Crippen LogP contribution in [0.2, 0.25) is 10.0 Å². The maximum absolute atomic E-state index is 13.1. The fourth-order valence-electron chi connectivity index (χ4n) is 4.70. The maximum atomic E-state index is 13.1. The van der Waals surface area contributed by atoms with Crippen molar-refractivity contribution in [2.24, 2.45) is 11.3 Å². The van der Waals surface area contributed by atoms with Gasteiger partial charge in [0, 0.05) is 30.2 Å². The van der Waals surface area contributed by atoms with Crippen molar-refractivity contribution < 1.29 is 27.3 Å². The Balaban J connectivity index is 1.94. The molecule has 1 aliphatic heterocycles. The number of carbonyl (C=O) groups is 2. The number of aryl methyl sites for hydroxylation is 2. The molecule has 3 rings (SSSR count). The number of halogens is 2. The van der Waals surface area contributed by atoms with Gasteiger partial charge in [-0.25, -0.2) is 4.79 Å². The van der Waals surface area contributed by atoms with Gasteiger partial charge in [-0.05, 0) is 37.8 Å². The summed E-state index contributed by atoms with van der Waals surface area (Å²) in [6.45, 7) is 8.94. The van der Waals surface area contributed by atoms with Gasteiger partial charge in [0.05, 0.1) is 21.5 Å². The Labute approximate surface area is 221 Å². The van der Waals surface area contributed by atoms with Crippen LogP contribution in [0.15, 0.2) is 29.2 Å². The number of piperidine rings is 1. The Hall–Kier alpha value is -2.27. The van der Waals surface area contributed by atoms with Gasteiger partial charge >= 0.3 is 6.09 Å². The molecule has 0 saturated carbocycles. The van der Waals surface area contributed by atoms with Crippen molar-refractivity contribution in [3.8, 4) is 0 Å². The van der Waals surface area contributed by atoms with E-state index < -0.39 is 45.5 Å². The van der Waals surface area contributed by atoms with Crippen LogP contribution in [0.1, 0.15) is 48.9 Å². The van der Waals surface area contributed by atoms with Gasteiger partial charge in [-0.3, -0.25) is 8.98 Å². The topological polar surface area (TPSA) is 129 Å². The van der Waals surface area contributed by atoms with Crippen LogP contribution >= 0.6 is 23.2 Å². The summed E-state index contributed by atoms with van der Waals surface area (Å²) in [4.78, 5) is 29.3. The molecule has 2 amide bonds. The van der Waals surface area contributed by atoms with Gasteiger partial charge in [0.1, 0.15) is 5.69 Å². The Kier molecular flexibility index (Phi) is 8.34. The number of hydrogen-bond donors (Lipinski definition) is 3. The van der Waals surface area contributed by atoms with Crippen molar-refractivity contribution in [2.45, 2.75) is 58.0 Å². The number of aromatic nitrogens is 1. The molecule has 3 N–H and O–H groups in total. The van der Waals surface area contributed by atoms with Crippen LogP contribution < -0.4 is 5.32 Å². The Bertz CT molecular complexity index is 1240. The van der Waals surface area contributed by atoms with E-state index in [9.17, 15) is 23.1 Å². The number of nitrogens with one attached hydrogen (secondary N) is 2. The van der Waals surface area contributed by atoms with Gasteiger partial charge in [-0.15, -0.1) is 0 Å². The minimum Gasteiger partial charge on any atom is -0.465 e. The molecule has 12 heteroatoms. The van der Waals surface area contributed by atoms with Crippen molar-refractivity contribution in [2.75, 3.05) is 13.2 Å². The quantitative estimate of drug-likeness (QED) is 0.433. The highest BCUT2D eigenvalue weighted by atomic mass is 35.5. The van der Waals surface area contributed by atoms with Gasteiger partial charge in [0.25, 0.3) is 16.0 Å². The molecule has 2 aromatic rings. The molecule has 198 valence electrons. The van der Waals surface area contributed by atoms with Crippen LogP contribution in [0.3, 0.4) is 0 Å². The van der Waals surface area contributed by atoms with Gasteiger partial charge in [-0.2, -0.15) is 8.42 Å². The summed E-state index contributed by atoms with van der Waals surface area (Å²) in [5.41, 5.74) is 0.920. The normalized spacial score (nSPS) is 20.9. The Morgan fingerprint density at radius 2 is 1.78 bits per heavy atom. The van der Waals surface area contributed by atoms with E-state index in [1.807, 2.05) is 27.7 Å². The lowest BCUT2D eigenvalue weighted by Crippen LogP contribution is -2.63. The van der Waals surface area contributed by atoms with Gasteiger partial charge < -0.3 is 20.3 Å². The minimum absolute atomic E-state index is 0.00446. The lowest BCUT2D eigenvalue weighted by atomic mass is 9.72. The number of nitrogens with zero attached hydrogens (tertiary/aromatic N) is 1. The predicted octanol–water partition coefficient (Wildman–Crippen LogP) is 4.86. The summed E-state index contributed by atoms with van der Waals surface area (Å²) in [6.07, 6.45) is -0.866. The number of rotatable bonds is 6. The average Bonchev–Trinajstić information content (AvgIpc) is 3.04. The smallest absolute Gasteiger partial charge is 0.407 e. The highest BCUT2D eigenvalue weighted by Crippen LogP contribution is 2.38. The molecule has 1 saturated heterocycles. The molecule has 1 aliphatic rings. The fraction of sp³-hybridized carbons (Fsp3) is 0.500. The highest BCUT2D eigenvalue weighted by Gasteiger charge is 2.47. The standard InChI is InChI=1S/C24H31Cl2N3O6S/c1-13-6-8-15(9-7-13)36(33,34)35-12-16-17(10-11-29(23(31)32)21(16)24(3,4)5)28-22(30)20-19(26)18(25)14(2)27-20/h6-9,16-17,21,27H,10-12H2,1-5H3,(H,28,30)(H,31,32). The molecule has 0 aliphatic carbocycles. The minimum atomic E-state index is -4.12. The third-order valence-corrected chi connectivity index (χ3v) is 8.64. The first-order valence-corrected chi connectivity index (χ1v) is 13.6. The predicted molar refractivity (Wildman–Crippen MR) is 137 cm³/mol. The molecule has 3 atom stereocenters. The van der Waals surface area contributed by atoms with Crippen molar-refractivity contribution in [1.82, 2.24) is 15.2 Å². The number of hydrogen-bond acceptors (Lipinski definition) is 5. The number of amides is 2. The molecule has 1 aromatic heterocycles. The molecule has 36 heavy (non-hydrogen) atoms. The summed E-state index contributed by atoms with van der Waals surface area (Å²) in [5.74, 6) is -1.20. The number of aromatic amines is 1. The second kappa shape index (κ2) is 10.6. The zero-order chi connectivity index (χ0) is 27.0. The van der Waals surface area contributed by atoms with E-state index >= 15 is 0 Å². The lowest BCUT2D eigenvalue weighted by molar-refractivity contribution is -0.00816. The van der Waals surface area contributed by atoms with Crippen molar-refractivity contribution in [3.63, 3.8) is 0 Å². The zero-order valence-corrected chi connectivity index (χ0v) is 23.1. The highest BCUT2D eigenvalue weighted by molar-refractivity contribution is 7.86. The van der Waals surface area contributed by atoms with Crippen LogP contribution in [0.4, 0.5) is 4.79 Å². The summed E-state index contributed by atoms with van der Waals surface area (Å²) >= 11 is 12.3. The molecule has 1 aromatic carbocycles. The van der Waals surface area contributed by atoms with E-state index in [0.29, 0.717) is 5.69 Å². The van der Waals surface area contributed by atoms with Crippen LogP contribution in [0.25, 0.3) is 0 Å². The third kappa shape index (κ3) is 5.99. The first-order valence-electron chi connectivity index (χ1n) is 11.4. The average molecular weight is 561 g/mol. The molecule has 0 radical (unpaired) electrons. The van der Waals surface area contributed by atoms with Crippen molar-refractivity contribution in [1.29, 1.82) is 0 Å². The Morgan fingerprint density at radius 3 is 2.28 bits per heavy atom. The number of carboxylic acid groups (broad SMARTS) is 1. The SMILES string of the molecule is Cc1ccc(S(=O)(=O)OCC2C(NC(=O)c3[nH]c(C)c(Cl)c3Cl)CCN(C(=O)O)C2C(C)(C)C)cc1. The second-order valence-corrected chi connectivity index (χ2v) is 12.5. The van der Waals surface area contributed by atoms with Crippen LogP contribution in [0.5, 0.6) is 0 Å². The molecular formula is C24H31Cl2N3O6S. The molecule has 0 spiro atoms. The van der Waals surface area contributed by atoms with Crippen LogP contribution in [0, 0.1) is 25.2 Å². The summed E-state index contributed by atoms with van der Waals surface area (Å²) in [6, 6.07) is 4.99. The third-order valence-electron chi connectivity index (χ3n) is 6.39. The van der Waals surface area contributed by atoms with Crippen LogP contribution in [-0.2, 0) is 14.3 Å². The van der Waals surface area contributed by atoms with Crippen molar-refractivity contribution >= 4 is 45.3 Å². The Morgan fingerprint density at radius 1 is 1.17 bits per heavy atom. The first kappa shape index (κ1) is 28.3. The monoisotopic (exact) mass is 559 g/mol. The molecule has 0 bridgehead atoms. The molecule has 3 unspecified atom stereocenters. The number of likely N-dealkylation sites (tertiary alicyclic amines) is 1. The summed E-state index contributed by atoms with van der Waals surface area (Å²) in [7, 11) is -4.12. The van der Waals surface area contributed by atoms with E-state index in [-0.39, 0.29) is 40.2 Å². The largest absolute Gasteiger partial charge is 0.465 e. The summed E-state index contributed by atoms with van der Waals surface area (Å²) < 4.78 is 31.3. The van der Waals surface area contributed by atoms with E-state index in [4.69, 9.17) is 27.4 Å². The van der Waals surface area contributed by atoms with E-state index in [2.05, 4.69) is 10.3 Å². The molecule has 2 heterocycles. The molecule has 9 nitrogen and oxygen atoms in total. The van der Waals surface area contributed by atoms with E-state index in [1.54, 1.807) is 19.1 Å². The maximum Gasteiger partial charge on any atom is 0.407 e. The fourth-order valence-corrected chi connectivity index (χ4v) is 6.06. The number of H-pyrrole nitrogens is 1. The first-order chi connectivity index (χ1) is 16.6. The lowest BCUT2D eigenvalue weighted by Gasteiger charge is -2.49. The van der Waals surface area contributed by atoms with Crippen molar-refractivity contribution in [3.05, 3.63) is 51.3 Å². The van der Waals surface area contributed by atoms with Gasteiger partial charge in [-0.1, -0.05) is 61.7 Å². The van der Waals surface area contributed by atoms with Crippen LogP contribution in [-0.4, -0.2) is 60.6 Å². The van der Waals surface area contributed by atoms with E-state index in [1.165, 1.54) is 17.0 Å². The van der Waals surface area contributed by atoms with Gasteiger partial charge in [0.2, 0.25) is 0 Å². The number of benzene rings is 1. The van der Waals surface area contributed by atoms with Gasteiger partial charge in [0.15, 0.2) is 0 Å². The number of carbonyl (C=O) groups excluding carboxylic acids is 1. The van der Waals surface area contributed by atoms with E-state index in [0.717, 1.165) is 5.56 Å². The molecular weight excluding hydrogens is 529 g/mol. The zero-order valence-electron chi connectivity index (χ0n) is 20.8. The summed E-state index contributed by atoms with van der Waals surface area (Å²) in [5, 5.41) is 13.1.